The summed E-state index contributed by atoms with van der Waals surface area (Å²) >= 11 is 18.8. The van der Waals surface area contributed by atoms with Crippen molar-refractivity contribution >= 4 is 58.4 Å². The maximum atomic E-state index is 11.8. The minimum absolute atomic E-state index is 0.0843. The first-order valence-electron chi connectivity index (χ1n) is 6.38. The summed E-state index contributed by atoms with van der Waals surface area (Å²) in [4.78, 5) is 24.3. The molecule has 0 aliphatic carbocycles. The van der Waals surface area contributed by atoms with Crippen molar-refractivity contribution in [1.82, 2.24) is 10.9 Å². The van der Waals surface area contributed by atoms with Crippen molar-refractivity contribution < 1.29 is 9.59 Å². The summed E-state index contributed by atoms with van der Waals surface area (Å²) in [5.74, 6) is -0.713. The Hall–Kier alpha value is -1.40. The quantitative estimate of drug-likeness (QED) is 0.608. The van der Waals surface area contributed by atoms with E-state index in [0.717, 1.165) is 0 Å². The average molecular weight is 390 g/mol. The molecule has 0 spiro atoms. The third-order valence-electron chi connectivity index (χ3n) is 2.67. The Morgan fingerprint density at radius 1 is 0.913 bits per heavy atom. The third-order valence-corrected chi connectivity index (χ3v) is 4.66. The Kier molecular flexibility index (Phi) is 6.59. The second-order valence-electron chi connectivity index (χ2n) is 4.37. The number of hydrazine groups is 1. The van der Waals surface area contributed by atoms with Crippen molar-refractivity contribution in [1.29, 1.82) is 0 Å². The van der Waals surface area contributed by atoms with Gasteiger partial charge in [-0.05, 0) is 42.5 Å². The van der Waals surface area contributed by atoms with Gasteiger partial charge in [-0.3, -0.25) is 20.4 Å². The molecular formula is C15H11Cl3N2O2S. The molecular weight excluding hydrogens is 379 g/mol. The smallest absolute Gasteiger partial charge is 0.269 e. The molecule has 23 heavy (non-hydrogen) atoms. The van der Waals surface area contributed by atoms with Gasteiger partial charge in [0.25, 0.3) is 5.91 Å². The lowest BCUT2D eigenvalue weighted by atomic mass is 10.2. The molecule has 4 nitrogen and oxygen atoms in total. The van der Waals surface area contributed by atoms with Crippen molar-refractivity contribution in [3.63, 3.8) is 0 Å². The van der Waals surface area contributed by atoms with Gasteiger partial charge in [-0.2, -0.15) is 0 Å². The summed E-state index contributed by atoms with van der Waals surface area (Å²) in [6.07, 6.45) is 0. The molecule has 120 valence electrons. The molecule has 2 amide bonds. The molecule has 2 rings (SSSR count). The van der Waals surface area contributed by atoms with Gasteiger partial charge in [0.05, 0.1) is 10.8 Å². The maximum absolute atomic E-state index is 11.8. The molecule has 0 aliphatic rings. The molecule has 2 aromatic carbocycles. The summed E-state index contributed by atoms with van der Waals surface area (Å²) in [5, 5.41) is 1.58. The van der Waals surface area contributed by atoms with Crippen LogP contribution in [0.3, 0.4) is 0 Å². The molecule has 0 radical (unpaired) electrons. The number of hydrogen-bond donors (Lipinski definition) is 2. The summed E-state index contributed by atoms with van der Waals surface area (Å²) in [6, 6.07) is 11.3. The summed E-state index contributed by atoms with van der Waals surface area (Å²) in [6.45, 7) is 0. The lowest BCUT2D eigenvalue weighted by molar-refractivity contribution is -0.119. The number of nitrogens with one attached hydrogen (secondary N) is 2. The Labute approximate surface area is 152 Å². The Balaban J connectivity index is 1.82. The van der Waals surface area contributed by atoms with Crippen LogP contribution in [0.25, 0.3) is 0 Å². The van der Waals surface area contributed by atoms with Gasteiger partial charge < -0.3 is 0 Å². The van der Waals surface area contributed by atoms with Crippen molar-refractivity contribution in [3.05, 3.63) is 63.1 Å². The Morgan fingerprint density at radius 3 is 2.26 bits per heavy atom. The fraction of sp³-hybridized carbons (Fsp3) is 0.0667. The van der Waals surface area contributed by atoms with Crippen molar-refractivity contribution in [2.75, 3.05) is 5.75 Å². The van der Waals surface area contributed by atoms with E-state index in [1.165, 1.54) is 11.8 Å². The number of carbonyl (C=O) groups is 2. The van der Waals surface area contributed by atoms with Gasteiger partial charge in [0, 0.05) is 20.5 Å². The predicted molar refractivity (Wildman–Crippen MR) is 94.2 cm³/mol. The van der Waals surface area contributed by atoms with Crippen LogP contribution in [0.2, 0.25) is 15.1 Å². The van der Waals surface area contributed by atoms with Crippen molar-refractivity contribution in [2.24, 2.45) is 0 Å². The van der Waals surface area contributed by atoms with E-state index in [-0.39, 0.29) is 11.7 Å². The molecule has 0 unspecified atom stereocenters. The number of halogens is 3. The van der Waals surface area contributed by atoms with E-state index in [1.807, 2.05) is 0 Å². The fourth-order valence-corrected chi connectivity index (χ4v) is 2.99. The van der Waals surface area contributed by atoms with Crippen LogP contribution in [-0.4, -0.2) is 17.6 Å². The van der Waals surface area contributed by atoms with Crippen molar-refractivity contribution in [3.8, 4) is 0 Å². The number of rotatable bonds is 4. The average Bonchev–Trinajstić information content (AvgIpc) is 2.54. The van der Waals surface area contributed by atoms with E-state index in [1.54, 1.807) is 42.5 Å². The first-order valence-corrected chi connectivity index (χ1v) is 8.50. The molecule has 0 aromatic heterocycles. The largest absolute Gasteiger partial charge is 0.272 e. The highest BCUT2D eigenvalue weighted by atomic mass is 35.5. The standard InChI is InChI=1S/C15H11Cl3N2O2S/c16-10-3-1-9(2-4-10)15(22)20-19-14(21)8-23-13-7-11(17)5-6-12(13)18/h1-7H,8H2,(H,19,21)(H,20,22). The summed E-state index contributed by atoms with van der Waals surface area (Å²) in [7, 11) is 0. The van der Waals surface area contributed by atoms with Crippen LogP contribution >= 0.6 is 46.6 Å². The highest BCUT2D eigenvalue weighted by Crippen LogP contribution is 2.29. The van der Waals surface area contributed by atoms with E-state index in [4.69, 9.17) is 34.8 Å². The fourth-order valence-electron chi connectivity index (χ4n) is 1.57. The SMILES string of the molecule is O=C(CSc1cc(Cl)ccc1Cl)NNC(=O)c1ccc(Cl)cc1. The van der Waals surface area contributed by atoms with E-state index in [2.05, 4.69) is 10.9 Å². The molecule has 0 saturated carbocycles. The molecule has 0 saturated heterocycles. The Bertz CT molecular complexity index is 723. The molecule has 0 heterocycles. The zero-order valence-corrected chi connectivity index (χ0v) is 14.7. The molecule has 2 aromatic rings. The predicted octanol–water partition coefficient (Wildman–Crippen LogP) is 4.20. The van der Waals surface area contributed by atoms with Crippen LogP contribution in [0.1, 0.15) is 10.4 Å². The minimum atomic E-state index is -0.430. The van der Waals surface area contributed by atoms with Gasteiger partial charge in [0.15, 0.2) is 0 Å². The number of thioether (sulfide) groups is 1. The van der Waals surface area contributed by atoms with Crippen LogP contribution in [0, 0.1) is 0 Å². The van der Waals surface area contributed by atoms with E-state index < -0.39 is 5.91 Å². The molecule has 2 N–H and O–H groups in total. The molecule has 0 atom stereocenters. The highest BCUT2D eigenvalue weighted by molar-refractivity contribution is 8.00. The van der Waals surface area contributed by atoms with Gasteiger partial charge in [-0.25, -0.2) is 0 Å². The van der Waals surface area contributed by atoms with Crippen LogP contribution in [0.5, 0.6) is 0 Å². The van der Waals surface area contributed by atoms with Crippen LogP contribution in [0.15, 0.2) is 47.4 Å². The topological polar surface area (TPSA) is 58.2 Å². The number of carbonyl (C=O) groups excluding carboxylic acids is 2. The first-order chi connectivity index (χ1) is 11.0. The Morgan fingerprint density at radius 2 is 1.57 bits per heavy atom. The van der Waals surface area contributed by atoms with E-state index >= 15 is 0 Å². The van der Waals surface area contributed by atoms with Crippen molar-refractivity contribution in [2.45, 2.75) is 4.90 Å². The molecule has 0 aliphatic heterocycles. The second kappa shape index (κ2) is 8.45. The van der Waals surface area contributed by atoms with Crippen LogP contribution in [0.4, 0.5) is 0 Å². The normalized spacial score (nSPS) is 10.2. The molecule has 0 fully saturated rings. The molecule has 8 heteroatoms. The van der Waals surface area contributed by atoms with Gasteiger partial charge in [0.1, 0.15) is 0 Å². The lowest BCUT2D eigenvalue weighted by Crippen LogP contribution is -2.42. The zero-order chi connectivity index (χ0) is 16.8. The van der Waals surface area contributed by atoms with E-state index in [0.29, 0.717) is 25.5 Å². The van der Waals surface area contributed by atoms with E-state index in [9.17, 15) is 9.59 Å². The van der Waals surface area contributed by atoms with Gasteiger partial charge in [-0.15, -0.1) is 11.8 Å². The van der Waals surface area contributed by atoms with Gasteiger partial charge >= 0.3 is 0 Å². The summed E-state index contributed by atoms with van der Waals surface area (Å²) in [5.41, 5.74) is 5.05. The maximum Gasteiger partial charge on any atom is 0.269 e. The minimum Gasteiger partial charge on any atom is -0.272 e. The van der Waals surface area contributed by atoms with Crippen LogP contribution in [-0.2, 0) is 4.79 Å². The molecule has 0 bridgehead atoms. The third kappa shape index (κ3) is 5.62. The zero-order valence-electron chi connectivity index (χ0n) is 11.6. The number of benzene rings is 2. The first kappa shape index (κ1) is 17.9. The van der Waals surface area contributed by atoms with Gasteiger partial charge in [0.2, 0.25) is 5.91 Å². The highest BCUT2D eigenvalue weighted by Gasteiger charge is 2.09. The summed E-state index contributed by atoms with van der Waals surface area (Å²) < 4.78 is 0. The van der Waals surface area contributed by atoms with Gasteiger partial charge in [-0.1, -0.05) is 34.8 Å². The number of amides is 2. The number of hydrogen-bond acceptors (Lipinski definition) is 3. The lowest BCUT2D eigenvalue weighted by Gasteiger charge is -2.08. The monoisotopic (exact) mass is 388 g/mol. The second-order valence-corrected chi connectivity index (χ2v) is 6.67. The van der Waals surface area contributed by atoms with Crippen LogP contribution < -0.4 is 10.9 Å².